The third-order valence-corrected chi connectivity index (χ3v) is 3.46. The summed E-state index contributed by atoms with van der Waals surface area (Å²) < 4.78 is 0. The maximum atomic E-state index is 12.3. The van der Waals surface area contributed by atoms with Crippen LogP contribution in [0.5, 0.6) is 0 Å². The number of thiocarbonyl (C=S) groups is 1. The molecule has 0 aliphatic carbocycles. The van der Waals surface area contributed by atoms with Crippen molar-refractivity contribution < 1.29 is 4.79 Å². The number of carbonyl (C=O) groups excluding carboxylic acids is 1. The van der Waals surface area contributed by atoms with Crippen molar-refractivity contribution in [1.82, 2.24) is 4.90 Å². The predicted octanol–water partition coefficient (Wildman–Crippen LogP) is 1.67. The Labute approximate surface area is 123 Å². The number of likely N-dealkylation sites (tertiary alicyclic amines) is 1. The average Bonchev–Trinajstić information content (AvgIpc) is 2.94. The monoisotopic (exact) mass is 290 g/mol. The highest BCUT2D eigenvalue weighted by atomic mass is 32.1. The zero-order valence-corrected chi connectivity index (χ0v) is 12.2. The maximum absolute atomic E-state index is 12.3. The number of hydrogen-bond acceptors (Lipinski definition) is 4. The minimum absolute atomic E-state index is 0.0167. The Kier molecular flexibility index (Phi) is 4.68. The minimum Gasteiger partial charge on any atom is -0.388 e. The molecule has 2 rings (SSSR count). The lowest BCUT2D eigenvalue weighted by Crippen LogP contribution is -2.40. The number of hydrazone groups is 1. The molecule has 1 heterocycles. The zero-order chi connectivity index (χ0) is 14.5. The largest absolute Gasteiger partial charge is 0.388 e. The Morgan fingerprint density at radius 3 is 2.60 bits per heavy atom. The summed E-state index contributed by atoms with van der Waals surface area (Å²) in [6, 6.07) is 7.68. The molecular weight excluding hydrogens is 272 g/mol. The average molecular weight is 290 g/mol. The Bertz CT molecular complexity index is 550. The van der Waals surface area contributed by atoms with Gasteiger partial charge in [-0.3, -0.25) is 10.2 Å². The van der Waals surface area contributed by atoms with E-state index in [1.54, 1.807) is 4.90 Å². The second-order valence-electron chi connectivity index (χ2n) is 4.75. The van der Waals surface area contributed by atoms with Crippen LogP contribution < -0.4 is 11.2 Å². The van der Waals surface area contributed by atoms with E-state index in [2.05, 4.69) is 10.5 Å². The fourth-order valence-electron chi connectivity index (χ4n) is 2.09. The van der Waals surface area contributed by atoms with Crippen molar-refractivity contribution in [3.8, 4) is 0 Å². The van der Waals surface area contributed by atoms with Crippen molar-refractivity contribution in [3.63, 3.8) is 0 Å². The predicted molar refractivity (Wildman–Crippen MR) is 84.8 cm³/mol. The van der Waals surface area contributed by atoms with Gasteiger partial charge in [0.05, 0.1) is 5.69 Å². The number of nitrogens with zero attached hydrogens (tertiary/aromatic N) is 2. The van der Waals surface area contributed by atoms with Crippen LogP contribution in [0.3, 0.4) is 0 Å². The highest BCUT2D eigenvalue weighted by Gasteiger charge is 2.24. The summed E-state index contributed by atoms with van der Waals surface area (Å²) in [4.78, 5) is 14.0. The smallest absolute Gasteiger partial charge is 0.277 e. The van der Waals surface area contributed by atoms with Crippen molar-refractivity contribution in [3.05, 3.63) is 29.8 Å². The van der Waals surface area contributed by atoms with Gasteiger partial charge in [0.2, 0.25) is 0 Å². The highest BCUT2D eigenvalue weighted by Crippen LogP contribution is 2.13. The van der Waals surface area contributed by atoms with E-state index in [9.17, 15) is 4.79 Å². The van der Waals surface area contributed by atoms with E-state index in [0.717, 1.165) is 37.2 Å². The van der Waals surface area contributed by atoms with Gasteiger partial charge >= 0.3 is 0 Å². The van der Waals surface area contributed by atoms with Crippen molar-refractivity contribution in [1.29, 1.82) is 0 Å². The molecule has 0 unspecified atom stereocenters. The molecule has 1 fully saturated rings. The summed E-state index contributed by atoms with van der Waals surface area (Å²) in [6.45, 7) is 3.44. The first-order chi connectivity index (χ1) is 9.59. The molecule has 0 aromatic heterocycles. The molecule has 1 saturated heterocycles. The van der Waals surface area contributed by atoms with Crippen molar-refractivity contribution in [2.24, 2.45) is 10.8 Å². The number of amides is 1. The second kappa shape index (κ2) is 6.47. The van der Waals surface area contributed by atoms with Crippen LogP contribution in [-0.2, 0) is 4.79 Å². The SMILES string of the molecule is Cc1ccccc1N/N=C(\C(=O)N1CCCC1)C(N)=S. The van der Waals surface area contributed by atoms with Gasteiger partial charge in [0.25, 0.3) is 5.91 Å². The Balaban J connectivity index is 2.16. The molecule has 106 valence electrons. The lowest BCUT2D eigenvalue weighted by Gasteiger charge is -2.16. The number of benzene rings is 1. The summed E-state index contributed by atoms with van der Waals surface area (Å²) in [5.41, 5.74) is 10.5. The summed E-state index contributed by atoms with van der Waals surface area (Å²) in [5.74, 6) is -0.198. The molecule has 0 spiro atoms. The van der Waals surface area contributed by atoms with Gasteiger partial charge in [-0.15, -0.1) is 0 Å². The second-order valence-corrected chi connectivity index (χ2v) is 5.19. The summed E-state index contributed by atoms with van der Waals surface area (Å²) in [5, 5.41) is 4.11. The molecule has 1 aliphatic heterocycles. The van der Waals surface area contributed by atoms with Gasteiger partial charge in [-0.05, 0) is 31.4 Å². The fraction of sp³-hybridized carbons (Fsp3) is 0.357. The third kappa shape index (κ3) is 3.33. The molecule has 0 radical (unpaired) electrons. The lowest BCUT2D eigenvalue weighted by atomic mass is 10.2. The molecule has 1 amide bonds. The standard InChI is InChI=1S/C14H18N4OS/c1-10-6-2-3-7-11(10)16-17-12(13(15)20)14(19)18-8-4-5-9-18/h2-3,6-7,16H,4-5,8-9H2,1H3,(H2,15,20)/b17-12-. The molecule has 20 heavy (non-hydrogen) atoms. The lowest BCUT2D eigenvalue weighted by molar-refractivity contribution is -0.122. The first kappa shape index (κ1) is 14.5. The summed E-state index contributed by atoms with van der Waals surface area (Å²) in [6.07, 6.45) is 2.03. The van der Waals surface area contributed by atoms with Gasteiger partial charge in [-0.25, -0.2) is 0 Å². The Morgan fingerprint density at radius 1 is 1.35 bits per heavy atom. The van der Waals surface area contributed by atoms with Gasteiger partial charge in [0.15, 0.2) is 5.71 Å². The molecular formula is C14H18N4OS. The quantitative estimate of drug-likeness (QED) is 0.503. The third-order valence-electron chi connectivity index (χ3n) is 3.26. The van der Waals surface area contributed by atoms with E-state index in [-0.39, 0.29) is 16.6 Å². The molecule has 1 aromatic rings. The topological polar surface area (TPSA) is 70.7 Å². The van der Waals surface area contributed by atoms with E-state index in [1.165, 1.54) is 0 Å². The van der Waals surface area contributed by atoms with Crippen molar-refractivity contribution >= 4 is 34.5 Å². The Hall–Kier alpha value is -1.95. The van der Waals surface area contributed by atoms with Crippen LogP contribution in [-0.4, -0.2) is 34.6 Å². The number of rotatable bonds is 4. The number of hydrogen-bond donors (Lipinski definition) is 2. The number of carbonyl (C=O) groups is 1. The number of nitrogens with two attached hydrogens (primary N) is 1. The van der Waals surface area contributed by atoms with E-state index in [0.29, 0.717) is 0 Å². The molecule has 0 atom stereocenters. The first-order valence-corrected chi connectivity index (χ1v) is 6.99. The Morgan fingerprint density at radius 2 is 2.00 bits per heavy atom. The van der Waals surface area contributed by atoms with E-state index >= 15 is 0 Å². The van der Waals surface area contributed by atoms with Crippen LogP contribution in [0.4, 0.5) is 5.69 Å². The zero-order valence-electron chi connectivity index (χ0n) is 11.4. The molecule has 0 bridgehead atoms. The van der Waals surface area contributed by atoms with E-state index in [1.807, 2.05) is 31.2 Å². The van der Waals surface area contributed by atoms with Gasteiger partial charge in [-0.1, -0.05) is 30.4 Å². The first-order valence-electron chi connectivity index (χ1n) is 6.58. The number of nitrogens with one attached hydrogen (secondary N) is 1. The van der Waals surface area contributed by atoms with Crippen LogP contribution in [0.25, 0.3) is 0 Å². The fourth-order valence-corrected chi connectivity index (χ4v) is 2.23. The van der Waals surface area contributed by atoms with E-state index in [4.69, 9.17) is 18.0 Å². The maximum Gasteiger partial charge on any atom is 0.277 e. The van der Waals surface area contributed by atoms with Crippen molar-refractivity contribution in [2.45, 2.75) is 19.8 Å². The molecule has 1 aromatic carbocycles. The molecule has 5 nitrogen and oxygen atoms in total. The van der Waals surface area contributed by atoms with Crippen LogP contribution in [0.2, 0.25) is 0 Å². The summed E-state index contributed by atoms with van der Waals surface area (Å²) in [7, 11) is 0. The van der Waals surface area contributed by atoms with Gasteiger partial charge in [0, 0.05) is 13.1 Å². The van der Waals surface area contributed by atoms with Gasteiger partial charge < -0.3 is 10.6 Å². The number of anilines is 1. The van der Waals surface area contributed by atoms with Crippen LogP contribution in [0.15, 0.2) is 29.4 Å². The van der Waals surface area contributed by atoms with E-state index < -0.39 is 0 Å². The number of para-hydroxylation sites is 1. The normalized spacial score (nSPS) is 15.2. The van der Waals surface area contributed by atoms with Crippen molar-refractivity contribution in [2.75, 3.05) is 18.5 Å². The molecule has 6 heteroatoms. The highest BCUT2D eigenvalue weighted by molar-refractivity contribution is 7.82. The van der Waals surface area contributed by atoms with Crippen LogP contribution in [0, 0.1) is 6.92 Å². The number of aryl methyl sites for hydroxylation is 1. The molecule has 3 N–H and O–H groups in total. The van der Waals surface area contributed by atoms with Crippen LogP contribution in [0.1, 0.15) is 18.4 Å². The minimum atomic E-state index is -0.198. The van der Waals surface area contributed by atoms with Crippen LogP contribution >= 0.6 is 12.2 Å². The summed E-state index contributed by atoms with van der Waals surface area (Å²) >= 11 is 4.94. The van der Waals surface area contributed by atoms with Gasteiger partial charge in [0.1, 0.15) is 4.99 Å². The van der Waals surface area contributed by atoms with Gasteiger partial charge in [-0.2, -0.15) is 5.10 Å². The molecule has 1 aliphatic rings. The molecule has 0 saturated carbocycles.